The predicted molar refractivity (Wildman–Crippen MR) is 92.3 cm³/mol. The number of non-ortho nitro benzene ring substituents is 1. The lowest BCUT2D eigenvalue weighted by Gasteiger charge is -2.39. The Kier molecular flexibility index (Phi) is 5.20. The standard InChI is InChI=1S/C18H21N3O5/c22-17(15-3-1-2-4-16(15)18(23)24)20-11-9-19(10-12-20)13-5-7-14(8-6-13)21(25)26/h1-2,5-8,15-16H,3-4,9-12H2,(H,23,24)/p-1/t15-,16+/m0/s1. The molecule has 26 heavy (non-hydrogen) atoms. The molecule has 1 aliphatic heterocycles. The fourth-order valence-corrected chi connectivity index (χ4v) is 3.55. The fraction of sp³-hybridized carbons (Fsp3) is 0.444. The number of nitrogens with zero attached hydrogens (tertiary/aromatic N) is 3. The van der Waals surface area contributed by atoms with E-state index in [1.165, 1.54) is 12.1 Å². The van der Waals surface area contributed by atoms with Crippen LogP contribution in [0.25, 0.3) is 0 Å². The Morgan fingerprint density at radius 2 is 1.54 bits per heavy atom. The predicted octanol–water partition coefficient (Wildman–Crippen LogP) is 0.576. The van der Waals surface area contributed by atoms with E-state index >= 15 is 0 Å². The molecule has 2 atom stereocenters. The van der Waals surface area contributed by atoms with Gasteiger partial charge in [-0.25, -0.2) is 0 Å². The molecule has 0 bridgehead atoms. The van der Waals surface area contributed by atoms with E-state index in [2.05, 4.69) is 4.90 Å². The fourth-order valence-electron chi connectivity index (χ4n) is 3.55. The minimum atomic E-state index is -1.17. The molecular formula is C18H20N3O5-. The third-order valence-electron chi connectivity index (χ3n) is 5.07. The number of nitro benzene ring substituents is 1. The maximum Gasteiger partial charge on any atom is 0.269 e. The average Bonchev–Trinajstić information content (AvgIpc) is 2.67. The van der Waals surface area contributed by atoms with E-state index in [4.69, 9.17) is 0 Å². The summed E-state index contributed by atoms with van der Waals surface area (Å²) in [6.45, 7) is 2.19. The molecule has 0 saturated carbocycles. The zero-order chi connectivity index (χ0) is 18.7. The molecule has 8 heteroatoms. The van der Waals surface area contributed by atoms with Crippen LogP contribution in [0.5, 0.6) is 0 Å². The van der Waals surface area contributed by atoms with Crippen molar-refractivity contribution in [3.05, 3.63) is 46.5 Å². The maximum atomic E-state index is 12.7. The smallest absolute Gasteiger partial charge is 0.269 e. The molecule has 0 spiro atoms. The molecule has 1 saturated heterocycles. The number of hydrogen-bond donors (Lipinski definition) is 0. The number of amides is 1. The van der Waals surface area contributed by atoms with Crippen molar-refractivity contribution in [1.82, 2.24) is 4.90 Å². The summed E-state index contributed by atoms with van der Waals surface area (Å²) >= 11 is 0. The van der Waals surface area contributed by atoms with E-state index in [0.717, 1.165) is 5.69 Å². The number of nitro groups is 1. The first-order valence-corrected chi connectivity index (χ1v) is 8.61. The third-order valence-corrected chi connectivity index (χ3v) is 5.07. The van der Waals surface area contributed by atoms with Crippen molar-refractivity contribution in [2.75, 3.05) is 31.1 Å². The number of anilines is 1. The topological polar surface area (TPSA) is 107 Å². The van der Waals surface area contributed by atoms with Gasteiger partial charge in [0.2, 0.25) is 5.91 Å². The highest BCUT2D eigenvalue weighted by Crippen LogP contribution is 2.28. The van der Waals surface area contributed by atoms with E-state index in [1.807, 2.05) is 6.08 Å². The Morgan fingerprint density at radius 1 is 0.962 bits per heavy atom. The molecule has 0 N–H and O–H groups in total. The van der Waals surface area contributed by atoms with E-state index < -0.39 is 22.7 Å². The van der Waals surface area contributed by atoms with Crippen LogP contribution in [0, 0.1) is 22.0 Å². The summed E-state index contributed by atoms with van der Waals surface area (Å²) in [7, 11) is 0. The van der Waals surface area contributed by atoms with Gasteiger partial charge in [0.1, 0.15) is 0 Å². The van der Waals surface area contributed by atoms with Gasteiger partial charge in [0.25, 0.3) is 5.69 Å². The highest BCUT2D eigenvalue weighted by Gasteiger charge is 2.34. The Morgan fingerprint density at radius 3 is 2.08 bits per heavy atom. The number of carboxylic acid groups (broad SMARTS) is 1. The molecule has 1 heterocycles. The van der Waals surface area contributed by atoms with Crippen LogP contribution in [0.15, 0.2) is 36.4 Å². The van der Waals surface area contributed by atoms with Crippen LogP contribution in [0.1, 0.15) is 12.8 Å². The van der Waals surface area contributed by atoms with E-state index in [1.54, 1.807) is 23.1 Å². The summed E-state index contributed by atoms with van der Waals surface area (Å²) < 4.78 is 0. The van der Waals surface area contributed by atoms with Crippen LogP contribution >= 0.6 is 0 Å². The second-order valence-corrected chi connectivity index (χ2v) is 6.56. The maximum absolute atomic E-state index is 12.7. The number of carboxylic acids is 1. The second-order valence-electron chi connectivity index (χ2n) is 6.56. The van der Waals surface area contributed by atoms with E-state index in [-0.39, 0.29) is 11.6 Å². The normalized spacial score (nSPS) is 22.9. The molecule has 0 radical (unpaired) electrons. The van der Waals surface area contributed by atoms with Crippen molar-refractivity contribution in [1.29, 1.82) is 0 Å². The third kappa shape index (κ3) is 3.68. The highest BCUT2D eigenvalue weighted by atomic mass is 16.6. The largest absolute Gasteiger partial charge is 0.550 e. The van der Waals surface area contributed by atoms with Gasteiger partial charge >= 0.3 is 0 Å². The lowest BCUT2D eigenvalue weighted by atomic mass is 9.82. The summed E-state index contributed by atoms with van der Waals surface area (Å²) in [5.41, 5.74) is 0.914. The minimum absolute atomic E-state index is 0.0428. The van der Waals surface area contributed by atoms with Crippen LogP contribution in [0.3, 0.4) is 0 Å². The van der Waals surface area contributed by atoms with Crippen molar-refractivity contribution in [3.8, 4) is 0 Å². The summed E-state index contributed by atoms with van der Waals surface area (Å²) in [5, 5.41) is 22.0. The number of aliphatic carboxylic acids is 1. The Bertz CT molecular complexity index is 723. The molecule has 1 amide bonds. The lowest BCUT2D eigenvalue weighted by Crippen LogP contribution is -2.52. The summed E-state index contributed by atoms with van der Waals surface area (Å²) in [4.78, 5) is 38.1. The molecule has 8 nitrogen and oxygen atoms in total. The summed E-state index contributed by atoms with van der Waals surface area (Å²) in [6, 6.07) is 6.33. The number of carbonyl (C=O) groups excluding carboxylic acids is 2. The number of allylic oxidation sites excluding steroid dienone is 2. The highest BCUT2D eigenvalue weighted by molar-refractivity contribution is 5.85. The van der Waals surface area contributed by atoms with Crippen molar-refractivity contribution < 1.29 is 19.6 Å². The molecule has 1 aromatic carbocycles. The SMILES string of the molecule is O=C([O-])[C@@H]1CC=CC[C@@H]1C(=O)N1CCN(c2ccc([N+](=O)[O-])cc2)CC1. The van der Waals surface area contributed by atoms with Gasteiger partial charge in [-0.1, -0.05) is 12.2 Å². The monoisotopic (exact) mass is 358 g/mol. The van der Waals surface area contributed by atoms with Crippen molar-refractivity contribution in [2.45, 2.75) is 12.8 Å². The van der Waals surface area contributed by atoms with E-state index in [0.29, 0.717) is 39.0 Å². The van der Waals surface area contributed by atoms with Gasteiger partial charge in [0.05, 0.1) is 4.92 Å². The molecule has 138 valence electrons. The minimum Gasteiger partial charge on any atom is -0.550 e. The zero-order valence-electron chi connectivity index (χ0n) is 14.2. The quantitative estimate of drug-likeness (QED) is 0.443. The number of carbonyl (C=O) groups is 2. The van der Waals surface area contributed by atoms with Gasteiger partial charge in [-0.15, -0.1) is 0 Å². The van der Waals surface area contributed by atoms with Gasteiger partial charge in [0.15, 0.2) is 0 Å². The van der Waals surface area contributed by atoms with E-state index in [9.17, 15) is 24.8 Å². The second kappa shape index (κ2) is 7.55. The van der Waals surface area contributed by atoms with Crippen LogP contribution in [-0.2, 0) is 9.59 Å². The first-order valence-electron chi connectivity index (χ1n) is 8.61. The van der Waals surface area contributed by atoms with Crippen molar-refractivity contribution in [2.24, 2.45) is 11.8 Å². The average molecular weight is 358 g/mol. The Labute approximate surface area is 150 Å². The molecule has 0 aromatic heterocycles. The Balaban J connectivity index is 1.61. The number of rotatable bonds is 4. The molecule has 3 rings (SSSR count). The molecule has 1 aliphatic carbocycles. The van der Waals surface area contributed by atoms with Crippen LogP contribution in [0.2, 0.25) is 0 Å². The van der Waals surface area contributed by atoms with Crippen LogP contribution in [0.4, 0.5) is 11.4 Å². The van der Waals surface area contributed by atoms with Crippen LogP contribution < -0.4 is 10.0 Å². The lowest BCUT2D eigenvalue weighted by molar-refractivity contribution is -0.384. The van der Waals surface area contributed by atoms with Gasteiger partial charge in [0, 0.05) is 61.8 Å². The van der Waals surface area contributed by atoms with Gasteiger partial charge in [-0.2, -0.15) is 0 Å². The number of benzene rings is 1. The number of piperazine rings is 1. The van der Waals surface area contributed by atoms with Gasteiger partial charge in [-0.05, 0) is 25.0 Å². The summed E-state index contributed by atoms with van der Waals surface area (Å²) in [5.74, 6) is -2.62. The number of hydrogen-bond acceptors (Lipinski definition) is 6. The molecule has 0 unspecified atom stereocenters. The van der Waals surface area contributed by atoms with Gasteiger partial charge in [-0.3, -0.25) is 14.9 Å². The molecular weight excluding hydrogens is 338 g/mol. The van der Waals surface area contributed by atoms with Crippen LogP contribution in [-0.4, -0.2) is 47.9 Å². The van der Waals surface area contributed by atoms with Crippen molar-refractivity contribution >= 4 is 23.3 Å². The Hall–Kier alpha value is -2.90. The zero-order valence-corrected chi connectivity index (χ0v) is 14.2. The van der Waals surface area contributed by atoms with Gasteiger partial charge < -0.3 is 19.7 Å². The van der Waals surface area contributed by atoms with Crippen molar-refractivity contribution in [3.63, 3.8) is 0 Å². The first-order chi connectivity index (χ1) is 12.5. The first kappa shape index (κ1) is 17.9. The summed E-state index contributed by atoms with van der Waals surface area (Å²) in [6.07, 6.45) is 4.41. The molecule has 1 fully saturated rings. The molecule has 1 aromatic rings. The molecule has 2 aliphatic rings.